The van der Waals surface area contributed by atoms with Gasteiger partial charge >= 0.3 is 0 Å². The smallest absolute Gasteiger partial charge is 0.289 e. The van der Waals surface area contributed by atoms with E-state index >= 15 is 0 Å². The Morgan fingerprint density at radius 1 is 1.08 bits per heavy atom. The Kier molecular flexibility index (Phi) is 3.27. The van der Waals surface area contributed by atoms with Crippen LogP contribution in [-0.2, 0) is 0 Å². The van der Waals surface area contributed by atoms with Gasteiger partial charge in [0.2, 0.25) is 0 Å². The van der Waals surface area contributed by atoms with Gasteiger partial charge in [-0.2, -0.15) is 4.39 Å². The third-order valence-electron chi connectivity index (χ3n) is 3.55. The molecule has 0 aliphatic carbocycles. The van der Waals surface area contributed by atoms with Crippen LogP contribution in [0.5, 0.6) is 0 Å². The number of hydrogen-bond donors (Lipinski definition) is 2. The molecule has 0 radical (unpaired) electrons. The van der Waals surface area contributed by atoms with E-state index in [1.807, 2.05) is 0 Å². The van der Waals surface area contributed by atoms with Crippen LogP contribution < -0.4 is 10.9 Å². The highest BCUT2D eigenvalue weighted by Gasteiger charge is 2.11. The molecule has 0 saturated carbocycles. The number of anilines is 1. The van der Waals surface area contributed by atoms with Gasteiger partial charge in [0.25, 0.3) is 5.91 Å². The molecule has 4 aromatic rings. The second-order valence-electron chi connectivity index (χ2n) is 5.02. The molecular formula is C16H11FN6O. The first-order valence-corrected chi connectivity index (χ1v) is 7.11. The van der Waals surface area contributed by atoms with Crippen LogP contribution >= 0.6 is 0 Å². The molecule has 0 unspecified atom stereocenters. The van der Waals surface area contributed by atoms with Gasteiger partial charge in [0.1, 0.15) is 11.2 Å². The molecule has 3 aromatic heterocycles. The highest BCUT2D eigenvalue weighted by molar-refractivity contribution is 5.95. The van der Waals surface area contributed by atoms with E-state index in [2.05, 4.69) is 25.8 Å². The predicted octanol–water partition coefficient (Wildman–Crippen LogP) is 2.17. The van der Waals surface area contributed by atoms with Crippen LogP contribution in [0.25, 0.3) is 16.6 Å². The molecular weight excluding hydrogens is 311 g/mol. The number of hydrogen-bond acceptors (Lipinski definition) is 5. The van der Waals surface area contributed by atoms with E-state index < -0.39 is 5.91 Å². The summed E-state index contributed by atoms with van der Waals surface area (Å²) in [4.78, 5) is 24.1. The first kappa shape index (κ1) is 14.1. The van der Waals surface area contributed by atoms with Crippen molar-refractivity contribution in [1.82, 2.24) is 24.8 Å². The molecule has 0 bridgehead atoms. The molecule has 1 amide bonds. The number of fused-ring (bicyclic) bond motifs is 3. The number of halogens is 1. The second kappa shape index (κ2) is 5.58. The van der Waals surface area contributed by atoms with Crippen LogP contribution in [0.3, 0.4) is 0 Å². The summed E-state index contributed by atoms with van der Waals surface area (Å²) in [6, 6.07) is 8.28. The largest absolute Gasteiger partial charge is 0.296 e. The number of nitrogens with zero attached hydrogens (tertiary/aromatic N) is 4. The molecule has 3 heterocycles. The molecule has 0 atom stereocenters. The summed E-state index contributed by atoms with van der Waals surface area (Å²) in [7, 11) is 0. The fourth-order valence-electron chi connectivity index (χ4n) is 2.46. The van der Waals surface area contributed by atoms with E-state index in [-0.39, 0.29) is 11.6 Å². The lowest BCUT2D eigenvalue weighted by Crippen LogP contribution is -2.30. The fraction of sp³-hybridized carbons (Fsp3) is 0. The van der Waals surface area contributed by atoms with E-state index in [0.29, 0.717) is 22.2 Å². The van der Waals surface area contributed by atoms with Crippen molar-refractivity contribution in [3.05, 3.63) is 66.8 Å². The Bertz CT molecular complexity index is 1050. The lowest BCUT2D eigenvalue weighted by Gasteiger charge is -2.11. The molecule has 7 nitrogen and oxygen atoms in total. The van der Waals surface area contributed by atoms with Gasteiger partial charge in [0.15, 0.2) is 5.95 Å². The molecule has 118 valence electrons. The maximum atomic E-state index is 14.0. The molecule has 24 heavy (non-hydrogen) atoms. The molecule has 1 aromatic carbocycles. The third kappa shape index (κ3) is 2.30. The number of carbonyl (C=O) groups excluding carboxylic acids is 1. The maximum Gasteiger partial charge on any atom is 0.289 e. The Balaban J connectivity index is 1.68. The van der Waals surface area contributed by atoms with Crippen molar-refractivity contribution in [2.24, 2.45) is 0 Å². The molecule has 0 aliphatic heterocycles. The van der Waals surface area contributed by atoms with Gasteiger partial charge in [-0.15, -0.1) is 0 Å². The molecule has 8 heteroatoms. The van der Waals surface area contributed by atoms with Crippen LogP contribution in [0.1, 0.15) is 10.5 Å². The maximum absolute atomic E-state index is 14.0. The van der Waals surface area contributed by atoms with Crippen LogP contribution in [0.15, 0.2) is 55.1 Å². The Labute approximate surface area is 135 Å². The number of benzene rings is 1. The van der Waals surface area contributed by atoms with Crippen molar-refractivity contribution in [1.29, 1.82) is 0 Å². The summed E-state index contributed by atoms with van der Waals surface area (Å²) in [5, 5.41) is 0. The number of hydrazine groups is 1. The predicted molar refractivity (Wildman–Crippen MR) is 85.8 cm³/mol. The highest BCUT2D eigenvalue weighted by atomic mass is 19.1. The normalized spacial score (nSPS) is 10.9. The number of carbonyl (C=O) groups is 1. The third-order valence-corrected chi connectivity index (χ3v) is 3.55. The van der Waals surface area contributed by atoms with Gasteiger partial charge in [0, 0.05) is 12.4 Å². The van der Waals surface area contributed by atoms with Crippen LogP contribution in [-0.4, -0.2) is 25.3 Å². The monoisotopic (exact) mass is 322 g/mol. The minimum absolute atomic E-state index is 0.178. The summed E-state index contributed by atoms with van der Waals surface area (Å²) in [5.41, 5.74) is 7.82. The molecule has 0 fully saturated rings. The lowest BCUT2D eigenvalue weighted by molar-refractivity contribution is 0.0957. The lowest BCUT2D eigenvalue weighted by atomic mass is 10.2. The number of amides is 1. The minimum Gasteiger partial charge on any atom is -0.296 e. The summed E-state index contributed by atoms with van der Waals surface area (Å²) in [6.45, 7) is 0. The molecule has 0 saturated heterocycles. The zero-order chi connectivity index (χ0) is 16.5. The van der Waals surface area contributed by atoms with Gasteiger partial charge in [-0.3, -0.25) is 30.0 Å². The number of rotatable bonds is 3. The van der Waals surface area contributed by atoms with Gasteiger partial charge in [-0.1, -0.05) is 6.07 Å². The summed E-state index contributed by atoms with van der Waals surface area (Å²) in [6.07, 6.45) is 5.84. The molecule has 0 spiro atoms. The Hall–Kier alpha value is -3.55. The average molecular weight is 322 g/mol. The first-order chi connectivity index (χ1) is 11.7. The summed E-state index contributed by atoms with van der Waals surface area (Å²) < 4.78 is 15.4. The van der Waals surface area contributed by atoms with E-state index in [4.69, 9.17) is 0 Å². The van der Waals surface area contributed by atoms with Crippen molar-refractivity contribution in [2.45, 2.75) is 0 Å². The van der Waals surface area contributed by atoms with Gasteiger partial charge in [-0.05, 0) is 24.3 Å². The van der Waals surface area contributed by atoms with E-state index in [1.54, 1.807) is 30.5 Å². The second-order valence-corrected chi connectivity index (χ2v) is 5.02. The number of nitrogens with one attached hydrogen (secondary N) is 2. The van der Waals surface area contributed by atoms with Crippen LogP contribution in [0.2, 0.25) is 0 Å². The van der Waals surface area contributed by atoms with Gasteiger partial charge in [0.05, 0.1) is 29.1 Å². The summed E-state index contributed by atoms with van der Waals surface area (Å²) in [5.74, 6) is -0.813. The van der Waals surface area contributed by atoms with E-state index in [0.717, 1.165) is 0 Å². The van der Waals surface area contributed by atoms with Crippen molar-refractivity contribution in [2.75, 3.05) is 5.43 Å². The zero-order valence-electron chi connectivity index (χ0n) is 12.3. The zero-order valence-corrected chi connectivity index (χ0v) is 12.3. The molecule has 2 N–H and O–H groups in total. The standard InChI is InChI=1S/C16H11FN6O/c17-14-5-4-10-8-20-15-11(2-1-3-13(15)23(10)14)21-22-16(24)12-9-18-6-7-19-12/h1-9,21H,(H,22,24). The van der Waals surface area contributed by atoms with E-state index in [9.17, 15) is 9.18 Å². The summed E-state index contributed by atoms with van der Waals surface area (Å²) >= 11 is 0. The van der Waals surface area contributed by atoms with Crippen molar-refractivity contribution in [3.8, 4) is 0 Å². The van der Waals surface area contributed by atoms with Gasteiger partial charge < -0.3 is 0 Å². The topological polar surface area (TPSA) is 84.2 Å². The SMILES string of the molecule is O=C(NNc1cccc2c1ncc1ccc(F)n12)c1cnccn1. The molecule has 0 aliphatic rings. The average Bonchev–Trinajstić information content (AvgIpc) is 3.02. The van der Waals surface area contributed by atoms with Crippen LogP contribution in [0.4, 0.5) is 10.1 Å². The van der Waals surface area contributed by atoms with Crippen molar-refractivity contribution in [3.63, 3.8) is 0 Å². The first-order valence-electron chi connectivity index (χ1n) is 7.11. The van der Waals surface area contributed by atoms with E-state index in [1.165, 1.54) is 29.1 Å². The quantitative estimate of drug-likeness (QED) is 0.565. The fourth-order valence-corrected chi connectivity index (χ4v) is 2.46. The van der Waals surface area contributed by atoms with Gasteiger partial charge in [-0.25, -0.2) is 4.98 Å². The number of aromatic nitrogens is 4. The van der Waals surface area contributed by atoms with Crippen molar-refractivity contribution >= 4 is 28.1 Å². The Morgan fingerprint density at radius 2 is 2.00 bits per heavy atom. The number of para-hydroxylation sites is 1. The minimum atomic E-state index is -0.437. The molecule has 4 rings (SSSR count). The van der Waals surface area contributed by atoms with Crippen LogP contribution in [0, 0.1) is 5.95 Å². The highest BCUT2D eigenvalue weighted by Crippen LogP contribution is 2.23. The van der Waals surface area contributed by atoms with Crippen molar-refractivity contribution < 1.29 is 9.18 Å². The Morgan fingerprint density at radius 3 is 2.83 bits per heavy atom.